The van der Waals surface area contributed by atoms with Gasteiger partial charge in [-0.1, -0.05) is 24.1 Å². The van der Waals surface area contributed by atoms with Crippen LogP contribution in [0.4, 0.5) is 9.18 Å². The number of thioether (sulfide) groups is 1. The number of benzene rings is 1. The van der Waals surface area contributed by atoms with Crippen LogP contribution >= 0.6 is 11.8 Å². The van der Waals surface area contributed by atoms with Gasteiger partial charge in [0.05, 0.1) is 29.3 Å². The average Bonchev–Trinajstić information content (AvgIpc) is 3.58. The van der Waals surface area contributed by atoms with Gasteiger partial charge in [0.1, 0.15) is 17.3 Å². The molecule has 38 heavy (non-hydrogen) atoms. The first-order chi connectivity index (χ1) is 18.3. The van der Waals surface area contributed by atoms with E-state index in [0.29, 0.717) is 30.4 Å². The van der Waals surface area contributed by atoms with Crippen LogP contribution in [0.25, 0.3) is 0 Å². The first-order valence-corrected chi connectivity index (χ1v) is 15.6. The topological polar surface area (TPSA) is 141 Å². The highest BCUT2D eigenvalue weighted by atomic mass is 32.2. The number of aromatic nitrogens is 3. The molecule has 3 heterocycles. The normalized spacial score (nSPS) is 21.3. The van der Waals surface area contributed by atoms with Gasteiger partial charge in [-0.25, -0.2) is 17.6 Å². The molecule has 1 aromatic carbocycles. The van der Waals surface area contributed by atoms with Crippen LogP contribution in [0.5, 0.6) is 5.75 Å². The number of halogens is 1. The first kappa shape index (κ1) is 28.4. The Morgan fingerprint density at radius 1 is 1.26 bits per heavy atom. The van der Waals surface area contributed by atoms with Crippen molar-refractivity contribution in [3.8, 4) is 5.75 Å². The van der Waals surface area contributed by atoms with E-state index < -0.39 is 21.4 Å². The highest BCUT2D eigenvalue weighted by Gasteiger charge is 2.42. The molecule has 1 unspecified atom stereocenters. The molecular weight excluding hydrogens is 531 g/mol. The SMILES string of the molecule is NC/C=C(\F)CS(=O)(=O)c1cccc(OCCCc2cn(CCCCC[C@@H]3SCC4NC(=O)N[C@@H]43)nn2)c1. The molecule has 2 amide bonds. The van der Waals surface area contributed by atoms with Crippen molar-refractivity contribution >= 4 is 27.6 Å². The number of ether oxygens (including phenoxy) is 1. The molecule has 0 spiro atoms. The molecule has 3 atom stereocenters. The first-order valence-electron chi connectivity index (χ1n) is 12.9. The Kier molecular flexibility index (Phi) is 10.0. The molecule has 13 heteroatoms. The summed E-state index contributed by atoms with van der Waals surface area (Å²) in [4.78, 5) is 11.5. The Bertz CT molecular complexity index is 1220. The van der Waals surface area contributed by atoms with Crippen LogP contribution in [0.3, 0.4) is 0 Å². The molecular formula is C25H35FN6O4S2. The third-order valence-electron chi connectivity index (χ3n) is 6.58. The Labute approximate surface area is 226 Å². The van der Waals surface area contributed by atoms with Gasteiger partial charge in [0.15, 0.2) is 9.84 Å². The number of amides is 2. The van der Waals surface area contributed by atoms with E-state index >= 15 is 0 Å². The molecule has 2 aromatic rings. The summed E-state index contributed by atoms with van der Waals surface area (Å²) in [6.07, 6.45) is 8.73. The molecule has 2 fully saturated rings. The van der Waals surface area contributed by atoms with E-state index in [1.807, 2.05) is 22.6 Å². The van der Waals surface area contributed by atoms with E-state index in [0.717, 1.165) is 49.8 Å². The quantitative estimate of drug-likeness (QED) is 0.221. The van der Waals surface area contributed by atoms with Crippen molar-refractivity contribution in [3.63, 3.8) is 0 Å². The average molecular weight is 567 g/mol. The van der Waals surface area contributed by atoms with Crippen molar-refractivity contribution in [1.29, 1.82) is 0 Å². The summed E-state index contributed by atoms with van der Waals surface area (Å²) in [7, 11) is -3.82. The predicted octanol–water partition coefficient (Wildman–Crippen LogP) is 2.60. The van der Waals surface area contributed by atoms with Crippen LogP contribution < -0.4 is 21.1 Å². The fourth-order valence-electron chi connectivity index (χ4n) is 4.65. The second kappa shape index (κ2) is 13.4. The lowest BCUT2D eigenvalue weighted by molar-refractivity contribution is 0.247. The minimum atomic E-state index is -3.82. The summed E-state index contributed by atoms with van der Waals surface area (Å²) in [5.41, 5.74) is 6.12. The standard InChI is InChI=1S/C25H35FN6O4S2/c26-18(10-11-27)17-38(34,35)21-8-4-7-20(14-21)36-13-5-6-19-15-32(31-30-19)12-3-1-2-9-23-24-22(16-37-23)28-25(33)29-24/h4,7-8,10,14-15,22-24H,1-3,5-6,9,11-13,16-17,27H2,(H2,28,29,33)/b18-10-/t22?,23-,24-/m0/s1. The van der Waals surface area contributed by atoms with Gasteiger partial charge in [-0.3, -0.25) is 4.68 Å². The van der Waals surface area contributed by atoms with Gasteiger partial charge in [0.2, 0.25) is 0 Å². The summed E-state index contributed by atoms with van der Waals surface area (Å²) >= 11 is 1.95. The van der Waals surface area contributed by atoms with Gasteiger partial charge in [-0.05, 0) is 50.0 Å². The molecule has 4 rings (SSSR count). The maximum atomic E-state index is 13.7. The molecule has 0 radical (unpaired) electrons. The Hall–Kier alpha value is -2.64. The zero-order valence-corrected chi connectivity index (χ0v) is 22.9. The Balaban J connectivity index is 1.12. The number of nitrogens with zero attached hydrogens (tertiary/aromatic N) is 3. The minimum Gasteiger partial charge on any atom is -0.494 e. The maximum absolute atomic E-state index is 13.7. The number of nitrogens with one attached hydrogen (secondary N) is 2. The number of carbonyl (C=O) groups excluding carboxylic acids is 1. The van der Waals surface area contributed by atoms with E-state index in [-0.39, 0.29) is 29.6 Å². The van der Waals surface area contributed by atoms with Crippen LogP contribution in [0, 0.1) is 0 Å². The predicted molar refractivity (Wildman–Crippen MR) is 145 cm³/mol. The lowest BCUT2D eigenvalue weighted by atomic mass is 10.0. The fourth-order valence-corrected chi connectivity index (χ4v) is 7.43. The number of carbonyl (C=O) groups is 1. The van der Waals surface area contributed by atoms with Crippen molar-refractivity contribution in [2.45, 2.75) is 67.3 Å². The number of aryl methyl sites for hydroxylation is 2. The number of fused-ring (bicyclic) bond motifs is 1. The molecule has 10 nitrogen and oxygen atoms in total. The van der Waals surface area contributed by atoms with Crippen LogP contribution in [-0.4, -0.2) is 71.4 Å². The summed E-state index contributed by atoms with van der Waals surface area (Å²) in [5, 5.41) is 15.0. The molecule has 0 saturated carbocycles. The third kappa shape index (κ3) is 7.93. The molecule has 2 saturated heterocycles. The van der Waals surface area contributed by atoms with E-state index in [1.54, 1.807) is 12.1 Å². The van der Waals surface area contributed by atoms with Crippen molar-refractivity contribution in [1.82, 2.24) is 25.6 Å². The van der Waals surface area contributed by atoms with Gasteiger partial charge in [0.25, 0.3) is 0 Å². The van der Waals surface area contributed by atoms with Gasteiger partial charge < -0.3 is 21.1 Å². The van der Waals surface area contributed by atoms with Gasteiger partial charge >= 0.3 is 6.03 Å². The number of nitrogens with two attached hydrogens (primary N) is 1. The number of sulfone groups is 1. The molecule has 2 aliphatic rings. The maximum Gasteiger partial charge on any atom is 0.315 e. The van der Waals surface area contributed by atoms with E-state index in [2.05, 4.69) is 20.9 Å². The molecule has 1 aromatic heterocycles. The number of rotatable bonds is 15. The molecule has 4 N–H and O–H groups in total. The van der Waals surface area contributed by atoms with Crippen molar-refractivity contribution in [2.24, 2.45) is 5.73 Å². The summed E-state index contributed by atoms with van der Waals surface area (Å²) in [6.45, 7) is 1.14. The number of hydrogen-bond donors (Lipinski definition) is 3. The molecule has 208 valence electrons. The number of urea groups is 1. The molecule has 2 aliphatic heterocycles. The van der Waals surface area contributed by atoms with Gasteiger partial charge in [0, 0.05) is 30.3 Å². The smallest absolute Gasteiger partial charge is 0.315 e. The monoisotopic (exact) mass is 566 g/mol. The highest BCUT2D eigenvalue weighted by molar-refractivity contribution is 8.00. The van der Waals surface area contributed by atoms with Crippen LogP contribution in [-0.2, 0) is 22.8 Å². The summed E-state index contributed by atoms with van der Waals surface area (Å²) in [5.74, 6) is -0.0903. The van der Waals surface area contributed by atoms with Crippen molar-refractivity contribution in [2.75, 3.05) is 24.7 Å². The molecule has 0 aliphatic carbocycles. The number of hydrogen-bond acceptors (Lipinski definition) is 8. The lowest BCUT2D eigenvalue weighted by Crippen LogP contribution is -2.36. The lowest BCUT2D eigenvalue weighted by Gasteiger charge is -2.16. The van der Waals surface area contributed by atoms with Crippen molar-refractivity contribution in [3.05, 3.63) is 48.1 Å². The largest absolute Gasteiger partial charge is 0.494 e. The Morgan fingerprint density at radius 2 is 2.13 bits per heavy atom. The minimum absolute atomic E-state index is 0.00650. The van der Waals surface area contributed by atoms with Gasteiger partial charge in [-0.15, -0.1) is 5.10 Å². The summed E-state index contributed by atoms with van der Waals surface area (Å²) in [6, 6.07) is 6.58. The number of unbranched alkanes of at least 4 members (excludes halogenated alkanes) is 2. The van der Waals surface area contributed by atoms with Crippen molar-refractivity contribution < 1.29 is 22.3 Å². The van der Waals surface area contributed by atoms with E-state index in [4.69, 9.17) is 10.5 Å². The van der Waals surface area contributed by atoms with Gasteiger partial charge in [-0.2, -0.15) is 11.8 Å². The van der Waals surface area contributed by atoms with E-state index in [1.165, 1.54) is 12.1 Å². The van der Waals surface area contributed by atoms with E-state index in [9.17, 15) is 17.6 Å². The van der Waals surface area contributed by atoms with Crippen LogP contribution in [0.2, 0.25) is 0 Å². The second-order valence-corrected chi connectivity index (χ2v) is 12.8. The highest BCUT2D eigenvalue weighted by Crippen LogP contribution is 2.33. The molecule has 0 bridgehead atoms. The third-order valence-corrected chi connectivity index (χ3v) is 9.71. The van der Waals surface area contributed by atoms with Crippen LogP contribution in [0.1, 0.15) is 37.8 Å². The summed E-state index contributed by atoms with van der Waals surface area (Å²) < 4.78 is 46.0. The Morgan fingerprint density at radius 3 is 2.97 bits per heavy atom. The zero-order valence-electron chi connectivity index (χ0n) is 21.2. The van der Waals surface area contributed by atoms with Crippen LogP contribution in [0.15, 0.2) is 47.3 Å². The fraction of sp³-hybridized carbons (Fsp3) is 0.560. The second-order valence-electron chi connectivity index (χ2n) is 9.52. The zero-order chi connectivity index (χ0) is 27.0.